The van der Waals surface area contributed by atoms with E-state index in [0.29, 0.717) is 11.4 Å². The third-order valence-corrected chi connectivity index (χ3v) is 3.98. The van der Waals surface area contributed by atoms with Crippen LogP contribution in [0.25, 0.3) is 0 Å². The molecule has 0 aromatic heterocycles. The number of rotatable bonds is 9. The average Bonchev–Trinajstić information content (AvgIpc) is 2.67. The molecule has 0 saturated carbocycles. The molecule has 0 fully saturated rings. The van der Waals surface area contributed by atoms with E-state index in [9.17, 15) is 9.59 Å². The molecule has 2 aromatic rings. The molecule has 9 heteroatoms. The average molecular weight is 386 g/mol. The highest BCUT2D eigenvalue weighted by atomic mass is 16.6. The Balaban J connectivity index is 1.99. The maximum Gasteiger partial charge on any atom is 0.635 e. The zero-order chi connectivity index (χ0) is 20.5. The highest BCUT2D eigenvalue weighted by Crippen LogP contribution is 2.17. The normalized spacial score (nSPS) is 12.6. The maximum atomic E-state index is 12.4. The number of ether oxygens (including phenoxy) is 1. The van der Waals surface area contributed by atoms with Gasteiger partial charge < -0.3 is 30.1 Å². The van der Waals surface area contributed by atoms with E-state index in [1.54, 1.807) is 24.3 Å². The predicted molar refractivity (Wildman–Crippen MR) is 104 cm³/mol. The molecule has 0 heterocycles. The first kappa shape index (κ1) is 21.4. The fourth-order valence-corrected chi connectivity index (χ4v) is 2.46. The minimum Gasteiger partial charge on any atom is -0.497 e. The Hall–Kier alpha value is -2.88. The summed E-state index contributed by atoms with van der Waals surface area (Å²) >= 11 is 0. The number of methoxy groups -OCH3 is 1. The van der Waals surface area contributed by atoms with Gasteiger partial charge in [0, 0.05) is 18.2 Å². The molecule has 0 aliphatic heterocycles. The third-order valence-electron chi connectivity index (χ3n) is 3.98. The standard InChI is InChI=1S/C19H23BN2O6/c1-13(18(23)21-15-9-6-10-16(12-15)27-2)19(24)22-17(28-20(25)26)11-14-7-4-3-5-8-14/h3-10,12-13,17,25-26H,11H2,1-2H3,(H,21,23)(H,22,24)/t13?,17-/m1/s1. The number of anilines is 1. The van der Waals surface area contributed by atoms with Crippen LogP contribution in [0.4, 0.5) is 5.69 Å². The lowest BCUT2D eigenvalue weighted by Gasteiger charge is -2.21. The topological polar surface area (TPSA) is 117 Å². The number of benzene rings is 2. The Morgan fingerprint density at radius 1 is 1.07 bits per heavy atom. The fraction of sp³-hybridized carbons (Fsp3) is 0.263. The molecule has 2 amide bonds. The lowest BCUT2D eigenvalue weighted by molar-refractivity contribution is -0.133. The van der Waals surface area contributed by atoms with Crippen molar-refractivity contribution in [2.24, 2.45) is 5.92 Å². The molecular formula is C19H23BN2O6. The summed E-state index contributed by atoms with van der Waals surface area (Å²) in [4.78, 5) is 24.8. The third kappa shape index (κ3) is 6.69. The molecule has 2 rings (SSSR count). The first-order valence-electron chi connectivity index (χ1n) is 8.70. The van der Waals surface area contributed by atoms with Gasteiger partial charge in [-0.05, 0) is 24.6 Å². The predicted octanol–water partition coefficient (Wildman–Crippen LogP) is 0.941. The van der Waals surface area contributed by atoms with Gasteiger partial charge in [-0.2, -0.15) is 0 Å². The Kier molecular flexibility index (Phi) is 8.00. The van der Waals surface area contributed by atoms with Crippen molar-refractivity contribution >= 4 is 24.8 Å². The zero-order valence-corrected chi connectivity index (χ0v) is 15.7. The summed E-state index contributed by atoms with van der Waals surface area (Å²) in [6.45, 7) is 1.44. The van der Waals surface area contributed by atoms with Crippen LogP contribution in [-0.2, 0) is 20.7 Å². The minimum absolute atomic E-state index is 0.203. The monoisotopic (exact) mass is 386 g/mol. The van der Waals surface area contributed by atoms with Crippen LogP contribution in [0, 0.1) is 5.92 Å². The lowest BCUT2D eigenvalue weighted by Crippen LogP contribution is -2.46. The van der Waals surface area contributed by atoms with Crippen molar-refractivity contribution in [2.45, 2.75) is 19.6 Å². The van der Waals surface area contributed by atoms with Crippen molar-refractivity contribution in [1.29, 1.82) is 0 Å². The molecule has 148 valence electrons. The van der Waals surface area contributed by atoms with Gasteiger partial charge in [-0.3, -0.25) is 9.59 Å². The van der Waals surface area contributed by atoms with Crippen LogP contribution in [-0.4, -0.2) is 42.5 Å². The van der Waals surface area contributed by atoms with Gasteiger partial charge in [0.2, 0.25) is 11.8 Å². The minimum atomic E-state index is -2.06. The van der Waals surface area contributed by atoms with Crippen molar-refractivity contribution in [1.82, 2.24) is 5.32 Å². The smallest absolute Gasteiger partial charge is 0.497 e. The van der Waals surface area contributed by atoms with E-state index in [4.69, 9.17) is 19.4 Å². The van der Waals surface area contributed by atoms with Crippen LogP contribution >= 0.6 is 0 Å². The second kappa shape index (κ2) is 10.5. The molecule has 1 unspecified atom stereocenters. The molecule has 28 heavy (non-hydrogen) atoms. The summed E-state index contributed by atoms with van der Waals surface area (Å²) < 4.78 is 10.0. The summed E-state index contributed by atoms with van der Waals surface area (Å²) in [5.41, 5.74) is 1.31. The molecule has 0 aliphatic rings. The van der Waals surface area contributed by atoms with Gasteiger partial charge in [-0.15, -0.1) is 0 Å². The van der Waals surface area contributed by atoms with Gasteiger partial charge >= 0.3 is 7.32 Å². The van der Waals surface area contributed by atoms with E-state index in [1.165, 1.54) is 14.0 Å². The Bertz CT molecular complexity index is 787. The molecule has 8 nitrogen and oxygen atoms in total. The first-order chi connectivity index (χ1) is 13.4. The van der Waals surface area contributed by atoms with E-state index in [-0.39, 0.29) is 6.42 Å². The quantitative estimate of drug-likeness (QED) is 0.290. The van der Waals surface area contributed by atoms with Crippen LogP contribution < -0.4 is 15.4 Å². The van der Waals surface area contributed by atoms with Crippen LogP contribution in [0.2, 0.25) is 0 Å². The fourth-order valence-electron chi connectivity index (χ4n) is 2.46. The van der Waals surface area contributed by atoms with Gasteiger partial charge in [0.05, 0.1) is 7.11 Å². The zero-order valence-electron chi connectivity index (χ0n) is 15.7. The maximum absolute atomic E-state index is 12.4. The van der Waals surface area contributed by atoms with Crippen LogP contribution in [0.5, 0.6) is 5.75 Å². The van der Waals surface area contributed by atoms with Crippen molar-refractivity contribution in [3.05, 3.63) is 60.2 Å². The summed E-state index contributed by atoms with van der Waals surface area (Å²) in [6, 6.07) is 15.8. The molecule has 2 aromatic carbocycles. The number of carbonyl (C=O) groups is 2. The second-order valence-electron chi connectivity index (χ2n) is 6.09. The molecule has 4 N–H and O–H groups in total. The van der Waals surface area contributed by atoms with E-state index in [0.717, 1.165) is 5.56 Å². The van der Waals surface area contributed by atoms with E-state index >= 15 is 0 Å². The first-order valence-corrected chi connectivity index (χ1v) is 8.70. The van der Waals surface area contributed by atoms with Crippen molar-refractivity contribution < 1.29 is 29.0 Å². The number of nitrogens with one attached hydrogen (secondary N) is 2. The number of hydrogen-bond donors (Lipinski definition) is 4. The molecule has 2 atom stereocenters. The summed E-state index contributed by atoms with van der Waals surface area (Å²) in [6.07, 6.45) is -0.809. The van der Waals surface area contributed by atoms with Crippen molar-refractivity contribution in [3.8, 4) is 5.75 Å². The van der Waals surface area contributed by atoms with Crippen LogP contribution in [0.3, 0.4) is 0 Å². The summed E-state index contributed by atoms with van der Waals surface area (Å²) in [5.74, 6) is -1.59. The van der Waals surface area contributed by atoms with Gasteiger partial charge in [0.15, 0.2) is 0 Å². The van der Waals surface area contributed by atoms with Crippen molar-refractivity contribution in [2.75, 3.05) is 12.4 Å². The molecule has 0 bridgehead atoms. The Morgan fingerprint density at radius 2 is 1.79 bits per heavy atom. The van der Waals surface area contributed by atoms with E-state index in [2.05, 4.69) is 10.6 Å². The highest BCUT2D eigenvalue weighted by Gasteiger charge is 2.26. The van der Waals surface area contributed by atoms with Gasteiger partial charge in [-0.25, -0.2) is 0 Å². The highest BCUT2D eigenvalue weighted by molar-refractivity contribution is 6.32. The van der Waals surface area contributed by atoms with Crippen LogP contribution in [0.1, 0.15) is 12.5 Å². The second-order valence-corrected chi connectivity index (χ2v) is 6.09. The lowest BCUT2D eigenvalue weighted by atomic mass is 10.1. The number of carbonyl (C=O) groups excluding carboxylic acids is 2. The van der Waals surface area contributed by atoms with Gasteiger partial charge in [-0.1, -0.05) is 36.4 Å². The largest absolute Gasteiger partial charge is 0.635 e. The molecule has 0 saturated heterocycles. The summed E-state index contributed by atoms with van der Waals surface area (Å²) in [7, 11) is -0.547. The number of amides is 2. The molecule has 0 radical (unpaired) electrons. The molecular weight excluding hydrogens is 363 g/mol. The molecule has 0 spiro atoms. The SMILES string of the molecule is COc1cccc(NC(=O)C(C)C(=O)N[C@@H](Cc2ccccc2)OB(O)O)c1. The number of hydrogen-bond acceptors (Lipinski definition) is 6. The Labute approximate surface area is 163 Å². The van der Waals surface area contributed by atoms with Gasteiger partial charge in [0.25, 0.3) is 0 Å². The van der Waals surface area contributed by atoms with Gasteiger partial charge in [0.1, 0.15) is 17.9 Å². The van der Waals surface area contributed by atoms with E-state index < -0.39 is 31.3 Å². The summed E-state index contributed by atoms with van der Waals surface area (Å²) in [5, 5.41) is 23.4. The van der Waals surface area contributed by atoms with Crippen molar-refractivity contribution in [3.63, 3.8) is 0 Å². The Morgan fingerprint density at radius 3 is 2.43 bits per heavy atom. The van der Waals surface area contributed by atoms with Crippen LogP contribution in [0.15, 0.2) is 54.6 Å². The van der Waals surface area contributed by atoms with E-state index in [1.807, 2.05) is 30.3 Å². The molecule has 0 aliphatic carbocycles.